The first-order chi connectivity index (χ1) is 19.8. The molecule has 3 amide bonds. The highest BCUT2D eigenvalue weighted by atomic mass is 16.5. The van der Waals surface area contributed by atoms with Gasteiger partial charge in [0.15, 0.2) is 17.8 Å². The number of ether oxygens (including phenoxy) is 2. The Morgan fingerprint density at radius 3 is 2.61 bits per heavy atom. The zero-order valence-electron chi connectivity index (χ0n) is 23.2. The molecule has 12 heteroatoms. The molecule has 0 radical (unpaired) electrons. The zero-order valence-corrected chi connectivity index (χ0v) is 23.2. The molecule has 0 saturated carbocycles. The van der Waals surface area contributed by atoms with Gasteiger partial charge in [0.25, 0.3) is 11.8 Å². The minimum Gasteiger partial charge on any atom is -0.493 e. The fourth-order valence-corrected chi connectivity index (χ4v) is 5.08. The van der Waals surface area contributed by atoms with Crippen molar-refractivity contribution in [1.82, 2.24) is 14.0 Å². The summed E-state index contributed by atoms with van der Waals surface area (Å²) in [6.45, 7) is 0.962. The Morgan fingerprint density at radius 2 is 1.85 bits per heavy atom. The minimum absolute atomic E-state index is 0.0133. The van der Waals surface area contributed by atoms with Crippen LogP contribution < -0.4 is 20.1 Å². The summed E-state index contributed by atoms with van der Waals surface area (Å²) in [5.74, 6) is 0.230. The lowest BCUT2D eigenvalue weighted by molar-refractivity contribution is -0.116. The van der Waals surface area contributed by atoms with Gasteiger partial charge in [-0.25, -0.2) is 0 Å². The van der Waals surface area contributed by atoms with Gasteiger partial charge in [0.2, 0.25) is 5.91 Å². The molecular formula is C29H32N6O6. The summed E-state index contributed by atoms with van der Waals surface area (Å²) < 4.78 is 14.6. The summed E-state index contributed by atoms with van der Waals surface area (Å²) in [5, 5.41) is 5.56. The number of carbonyl (C=O) groups is 4. The fraction of sp³-hybridized carbons (Fsp3) is 0.345. The van der Waals surface area contributed by atoms with E-state index in [-0.39, 0.29) is 36.8 Å². The number of rotatable bonds is 10. The van der Waals surface area contributed by atoms with E-state index in [1.807, 2.05) is 11.1 Å². The molecule has 0 bridgehead atoms. The lowest BCUT2D eigenvalue weighted by Crippen LogP contribution is -2.35. The molecule has 12 nitrogen and oxygen atoms in total. The average molecular weight is 561 g/mol. The summed E-state index contributed by atoms with van der Waals surface area (Å²) in [6, 6.07) is 6.55. The first-order valence-corrected chi connectivity index (χ1v) is 13.4. The number of fused-ring (bicyclic) bond motifs is 2. The maximum Gasteiger partial charge on any atom is 0.272 e. The van der Waals surface area contributed by atoms with Crippen molar-refractivity contribution in [2.75, 3.05) is 30.9 Å². The summed E-state index contributed by atoms with van der Waals surface area (Å²) in [4.78, 5) is 55.7. The third kappa shape index (κ3) is 5.86. The Morgan fingerprint density at radius 1 is 1.07 bits per heavy atom. The number of anilines is 2. The standard InChI is InChI=1S/C29H32N6O6/c1-33-15-18(10-21(33)17-36)32-28(38)24-11-19(16-34(24)2)31-27(37)7-5-9-41-26-13-23-22(12-25(26)40-3)29(39)35-8-4-6-20(35)14-30-23/h10-17,20H,4-9H2,1-3H3,(H,31,37)(H,32,38). The summed E-state index contributed by atoms with van der Waals surface area (Å²) in [7, 11) is 4.93. The van der Waals surface area contributed by atoms with Gasteiger partial charge in [-0.2, -0.15) is 0 Å². The predicted molar refractivity (Wildman–Crippen MR) is 153 cm³/mol. The van der Waals surface area contributed by atoms with Crippen molar-refractivity contribution in [2.24, 2.45) is 19.1 Å². The molecule has 1 unspecified atom stereocenters. The number of carbonyl (C=O) groups excluding carboxylic acids is 4. The van der Waals surface area contributed by atoms with Gasteiger partial charge in [0, 0.05) is 51.7 Å². The van der Waals surface area contributed by atoms with Crippen LogP contribution in [0.25, 0.3) is 0 Å². The van der Waals surface area contributed by atoms with Crippen LogP contribution in [0.15, 0.2) is 41.7 Å². The largest absolute Gasteiger partial charge is 0.493 e. The number of methoxy groups -OCH3 is 1. The van der Waals surface area contributed by atoms with E-state index >= 15 is 0 Å². The molecule has 41 heavy (non-hydrogen) atoms. The van der Waals surface area contributed by atoms with E-state index in [1.165, 1.54) is 7.11 Å². The average Bonchev–Trinajstić information content (AvgIpc) is 3.65. The van der Waals surface area contributed by atoms with Crippen molar-refractivity contribution in [3.63, 3.8) is 0 Å². The van der Waals surface area contributed by atoms with E-state index in [0.717, 1.165) is 12.8 Å². The molecule has 0 spiro atoms. The van der Waals surface area contributed by atoms with E-state index in [9.17, 15) is 19.2 Å². The predicted octanol–water partition coefficient (Wildman–Crippen LogP) is 3.56. The van der Waals surface area contributed by atoms with Gasteiger partial charge in [-0.15, -0.1) is 0 Å². The van der Waals surface area contributed by atoms with Crippen LogP contribution in [0.3, 0.4) is 0 Å². The van der Waals surface area contributed by atoms with Gasteiger partial charge in [0.1, 0.15) is 5.69 Å². The molecular weight excluding hydrogens is 528 g/mol. The molecule has 0 aliphatic carbocycles. The quantitative estimate of drug-likeness (QED) is 0.288. The van der Waals surface area contributed by atoms with E-state index < -0.39 is 0 Å². The number of aliphatic imine (C=N–C) groups is 1. The second-order valence-electron chi connectivity index (χ2n) is 10.1. The van der Waals surface area contributed by atoms with E-state index in [4.69, 9.17) is 9.47 Å². The van der Waals surface area contributed by atoms with Crippen molar-refractivity contribution < 1.29 is 28.7 Å². The molecule has 2 aromatic heterocycles. The van der Waals surface area contributed by atoms with Crippen LogP contribution >= 0.6 is 0 Å². The molecule has 5 rings (SSSR count). The van der Waals surface area contributed by atoms with Crippen LogP contribution in [0.1, 0.15) is 57.0 Å². The highest BCUT2D eigenvalue weighted by Crippen LogP contribution is 2.38. The van der Waals surface area contributed by atoms with E-state index in [0.29, 0.717) is 64.8 Å². The number of hydrogen-bond acceptors (Lipinski definition) is 7. The number of hydrogen-bond donors (Lipinski definition) is 2. The normalized spacial score (nSPS) is 15.6. The number of nitrogens with zero attached hydrogens (tertiary/aromatic N) is 4. The Balaban J connectivity index is 1.14. The number of aryl methyl sites for hydroxylation is 2. The van der Waals surface area contributed by atoms with Crippen LogP contribution in [0, 0.1) is 0 Å². The molecule has 1 saturated heterocycles. The summed E-state index contributed by atoms with van der Waals surface area (Å²) >= 11 is 0. The van der Waals surface area contributed by atoms with Gasteiger partial charge >= 0.3 is 0 Å². The van der Waals surface area contributed by atoms with E-state index in [1.54, 1.807) is 59.9 Å². The van der Waals surface area contributed by atoms with Crippen molar-refractivity contribution in [1.29, 1.82) is 0 Å². The SMILES string of the molecule is COc1cc2c(cc1OCCCC(=O)Nc1cc(C(=O)Nc3cc(C=O)n(C)c3)n(C)c1)N=CC1CCCN1C2=O. The summed E-state index contributed by atoms with van der Waals surface area (Å²) in [6.07, 6.45) is 8.31. The van der Waals surface area contributed by atoms with Gasteiger partial charge in [-0.1, -0.05) is 0 Å². The van der Waals surface area contributed by atoms with Crippen LogP contribution in [0.2, 0.25) is 0 Å². The van der Waals surface area contributed by atoms with E-state index in [2.05, 4.69) is 15.6 Å². The third-order valence-electron chi connectivity index (χ3n) is 7.21. The topological polar surface area (TPSA) is 136 Å². The van der Waals surface area contributed by atoms with Gasteiger partial charge in [0.05, 0.1) is 48.1 Å². The highest BCUT2D eigenvalue weighted by molar-refractivity contribution is 6.05. The molecule has 2 aliphatic heterocycles. The number of amides is 3. The second-order valence-corrected chi connectivity index (χ2v) is 10.1. The smallest absolute Gasteiger partial charge is 0.272 e. The molecule has 4 heterocycles. The third-order valence-corrected chi connectivity index (χ3v) is 7.21. The molecule has 214 valence electrons. The molecule has 1 aromatic carbocycles. The van der Waals surface area contributed by atoms with Gasteiger partial charge in [-0.3, -0.25) is 24.2 Å². The number of aromatic nitrogens is 2. The molecule has 2 aliphatic rings. The van der Waals surface area contributed by atoms with Crippen LogP contribution in [-0.4, -0.2) is 70.6 Å². The first kappa shape index (κ1) is 27.7. The number of aldehydes is 1. The summed E-state index contributed by atoms with van der Waals surface area (Å²) in [5.41, 5.74) is 2.79. The Labute approximate surface area is 236 Å². The van der Waals surface area contributed by atoms with Gasteiger partial charge < -0.3 is 34.1 Å². The number of benzene rings is 1. The fourth-order valence-electron chi connectivity index (χ4n) is 5.08. The van der Waals surface area contributed by atoms with Gasteiger partial charge in [-0.05, 0) is 37.5 Å². The number of nitrogens with one attached hydrogen (secondary N) is 2. The Bertz CT molecular complexity index is 1540. The molecule has 1 fully saturated rings. The van der Waals surface area contributed by atoms with Crippen molar-refractivity contribution in [3.8, 4) is 11.5 Å². The van der Waals surface area contributed by atoms with Crippen LogP contribution in [0.5, 0.6) is 11.5 Å². The van der Waals surface area contributed by atoms with Crippen molar-refractivity contribution >= 4 is 47.3 Å². The maximum atomic E-state index is 13.0. The Kier molecular flexibility index (Phi) is 7.90. The highest BCUT2D eigenvalue weighted by Gasteiger charge is 2.32. The molecule has 3 aromatic rings. The maximum absolute atomic E-state index is 13.0. The zero-order chi connectivity index (χ0) is 29.1. The van der Waals surface area contributed by atoms with Crippen molar-refractivity contribution in [2.45, 2.75) is 31.7 Å². The second kappa shape index (κ2) is 11.7. The van der Waals surface area contributed by atoms with Crippen LogP contribution in [-0.2, 0) is 18.9 Å². The lowest BCUT2D eigenvalue weighted by Gasteiger charge is -2.20. The van der Waals surface area contributed by atoms with Crippen molar-refractivity contribution in [3.05, 3.63) is 53.6 Å². The Hall–Kier alpha value is -4.87. The molecule has 2 N–H and O–H groups in total. The van der Waals surface area contributed by atoms with Crippen LogP contribution in [0.4, 0.5) is 17.1 Å². The first-order valence-electron chi connectivity index (χ1n) is 13.4. The monoisotopic (exact) mass is 560 g/mol. The lowest BCUT2D eigenvalue weighted by atomic mass is 10.1. The molecule has 1 atom stereocenters. The minimum atomic E-state index is -0.370.